The summed E-state index contributed by atoms with van der Waals surface area (Å²) >= 11 is 0. The lowest BCUT2D eigenvalue weighted by Gasteiger charge is -2.16. The number of carbonyl (C=O) groups excluding carboxylic acids is 2. The minimum absolute atomic E-state index is 0. The van der Waals surface area contributed by atoms with Crippen molar-refractivity contribution in [1.29, 1.82) is 0 Å². The van der Waals surface area contributed by atoms with Crippen LogP contribution in [0.3, 0.4) is 0 Å². The van der Waals surface area contributed by atoms with Crippen molar-refractivity contribution >= 4 is 41.7 Å². The molecule has 1 aromatic heterocycles. The van der Waals surface area contributed by atoms with Crippen LogP contribution in [0.2, 0.25) is 0 Å². The van der Waals surface area contributed by atoms with Gasteiger partial charge >= 0.3 is 6.09 Å². The van der Waals surface area contributed by atoms with Crippen LogP contribution in [0.4, 0.5) is 10.5 Å². The van der Waals surface area contributed by atoms with Crippen LogP contribution in [0.15, 0.2) is 30.3 Å². The predicted octanol–water partition coefficient (Wildman–Crippen LogP) is 3.72. The van der Waals surface area contributed by atoms with E-state index in [1.807, 2.05) is 30.3 Å². The molecule has 0 aliphatic carbocycles. The third-order valence-corrected chi connectivity index (χ3v) is 5.44. The Bertz CT molecular complexity index is 965. The smallest absolute Gasteiger partial charge is 0.410 e. The number of aromatic amines is 1. The van der Waals surface area contributed by atoms with Gasteiger partial charge in [0.05, 0.1) is 12.1 Å². The second-order valence-electron chi connectivity index (χ2n) is 7.33. The zero-order valence-electron chi connectivity index (χ0n) is 17.2. The quantitative estimate of drug-likeness (QED) is 0.656. The van der Waals surface area contributed by atoms with Crippen molar-refractivity contribution in [2.75, 3.05) is 31.6 Å². The first-order valence-corrected chi connectivity index (χ1v) is 10.1. The van der Waals surface area contributed by atoms with E-state index in [0.29, 0.717) is 25.3 Å². The Morgan fingerprint density at radius 3 is 2.67 bits per heavy atom. The van der Waals surface area contributed by atoms with E-state index in [0.717, 1.165) is 47.8 Å². The van der Waals surface area contributed by atoms with Gasteiger partial charge in [0.25, 0.3) is 5.91 Å². The predicted molar refractivity (Wildman–Crippen MR) is 119 cm³/mol. The third-order valence-electron chi connectivity index (χ3n) is 5.44. The second kappa shape index (κ2) is 9.36. The van der Waals surface area contributed by atoms with Gasteiger partial charge in [0.1, 0.15) is 6.61 Å². The molecule has 3 heterocycles. The van der Waals surface area contributed by atoms with Crippen LogP contribution in [-0.4, -0.2) is 53.0 Å². The number of anilines is 1. The lowest BCUT2D eigenvalue weighted by Crippen LogP contribution is -2.23. The fraction of sp³-hybridized carbons (Fsp3) is 0.364. The summed E-state index contributed by atoms with van der Waals surface area (Å²) in [7, 11) is 0. The van der Waals surface area contributed by atoms with Crippen molar-refractivity contribution in [1.82, 2.24) is 14.8 Å². The summed E-state index contributed by atoms with van der Waals surface area (Å²) in [6, 6.07) is 9.87. The molecule has 2 aromatic rings. The molecule has 0 unspecified atom stereocenters. The summed E-state index contributed by atoms with van der Waals surface area (Å²) in [6.07, 6.45) is 1.60. The van der Waals surface area contributed by atoms with Gasteiger partial charge in [-0.25, -0.2) is 4.79 Å². The molecule has 1 saturated heterocycles. The van der Waals surface area contributed by atoms with Crippen molar-refractivity contribution in [2.45, 2.75) is 26.9 Å². The summed E-state index contributed by atoms with van der Waals surface area (Å²) in [5.41, 5.74) is 5.28. The van der Waals surface area contributed by atoms with E-state index >= 15 is 0 Å². The number of hydrogen-bond donors (Lipinski definition) is 2. The van der Waals surface area contributed by atoms with E-state index in [9.17, 15) is 9.59 Å². The van der Waals surface area contributed by atoms with E-state index in [1.165, 1.54) is 0 Å². The zero-order valence-corrected chi connectivity index (χ0v) is 18.1. The highest BCUT2D eigenvalue weighted by molar-refractivity contribution is 6.34. The Hall–Kier alpha value is -2.77. The Morgan fingerprint density at radius 1 is 1.17 bits per heavy atom. The molecular formula is C22H27ClN4O3. The Balaban J connectivity index is 0.00000256. The van der Waals surface area contributed by atoms with Gasteiger partial charge in [-0.2, -0.15) is 0 Å². The van der Waals surface area contributed by atoms with Gasteiger partial charge in [0, 0.05) is 35.7 Å². The zero-order chi connectivity index (χ0) is 20.4. The standard InChI is InChI=1S/C22H26N4O3.ClH/c1-3-25(4-2)14-17-7-6-16(23-17)12-19-18-11-15(5-8-20(18)24-21(19)27)13-26-9-10-29-22(26)28;/h5-8,11-12,23H,3-4,9-10,13-14H2,1-2H3,(H,24,27);1H. The number of nitrogens with one attached hydrogen (secondary N) is 2. The number of benzene rings is 1. The first-order valence-electron chi connectivity index (χ1n) is 10.1. The summed E-state index contributed by atoms with van der Waals surface area (Å²) < 4.78 is 4.99. The number of H-pyrrole nitrogens is 1. The molecule has 0 saturated carbocycles. The molecule has 0 bridgehead atoms. The molecule has 7 nitrogen and oxygen atoms in total. The van der Waals surface area contributed by atoms with Crippen molar-refractivity contribution in [3.8, 4) is 0 Å². The number of aromatic nitrogens is 1. The average molecular weight is 431 g/mol. The van der Waals surface area contributed by atoms with E-state index < -0.39 is 0 Å². The number of carbonyl (C=O) groups is 2. The molecule has 2 amide bonds. The second-order valence-corrected chi connectivity index (χ2v) is 7.33. The van der Waals surface area contributed by atoms with Crippen molar-refractivity contribution < 1.29 is 14.3 Å². The van der Waals surface area contributed by atoms with Crippen molar-refractivity contribution in [3.05, 3.63) is 52.8 Å². The first-order chi connectivity index (χ1) is 14.1. The molecule has 2 N–H and O–H groups in total. The summed E-state index contributed by atoms with van der Waals surface area (Å²) in [5, 5.41) is 2.92. The number of cyclic esters (lactones) is 1. The van der Waals surface area contributed by atoms with E-state index in [4.69, 9.17) is 4.74 Å². The van der Waals surface area contributed by atoms with E-state index in [1.54, 1.807) is 4.90 Å². The molecule has 0 spiro atoms. The van der Waals surface area contributed by atoms with Crippen LogP contribution in [0.25, 0.3) is 11.6 Å². The molecule has 160 valence electrons. The van der Waals surface area contributed by atoms with Crippen LogP contribution in [0.5, 0.6) is 0 Å². The van der Waals surface area contributed by atoms with Crippen LogP contribution in [0, 0.1) is 0 Å². The molecule has 4 rings (SSSR count). The Kier molecular flexibility index (Phi) is 6.84. The summed E-state index contributed by atoms with van der Waals surface area (Å²) in [6.45, 7) is 8.64. The summed E-state index contributed by atoms with van der Waals surface area (Å²) in [4.78, 5) is 31.6. The number of fused-ring (bicyclic) bond motifs is 1. The maximum absolute atomic E-state index is 12.5. The van der Waals surface area contributed by atoms with Crippen LogP contribution >= 0.6 is 12.4 Å². The first kappa shape index (κ1) is 21.9. The molecule has 30 heavy (non-hydrogen) atoms. The van der Waals surface area contributed by atoms with Gasteiger partial charge in [-0.15, -0.1) is 12.4 Å². The SMILES string of the molecule is CCN(CC)Cc1ccc(C=C2C(=O)Nc3ccc(CN4CCOC4=O)cc32)[nH]1.Cl. The van der Waals surface area contributed by atoms with Crippen molar-refractivity contribution in [2.24, 2.45) is 0 Å². The average Bonchev–Trinajstić information content (AvgIpc) is 3.41. The fourth-order valence-corrected chi connectivity index (χ4v) is 3.75. The van der Waals surface area contributed by atoms with E-state index in [-0.39, 0.29) is 24.4 Å². The minimum atomic E-state index is -0.289. The Labute approximate surface area is 182 Å². The normalized spacial score (nSPS) is 16.6. The maximum atomic E-state index is 12.5. The lowest BCUT2D eigenvalue weighted by molar-refractivity contribution is -0.110. The number of nitrogens with zero attached hydrogens (tertiary/aromatic N) is 2. The van der Waals surface area contributed by atoms with Gasteiger partial charge in [-0.1, -0.05) is 19.9 Å². The van der Waals surface area contributed by atoms with Gasteiger partial charge in [0.15, 0.2) is 0 Å². The topological polar surface area (TPSA) is 77.7 Å². The number of rotatable bonds is 7. The molecule has 2 aliphatic rings. The molecule has 0 atom stereocenters. The molecule has 1 aromatic carbocycles. The minimum Gasteiger partial charge on any atom is -0.448 e. The van der Waals surface area contributed by atoms with Gasteiger partial charge in [-0.3, -0.25) is 9.69 Å². The highest BCUT2D eigenvalue weighted by Crippen LogP contribution is 2.34. The maximum Gasteiger partial charge on any atom is 0.410 e. The molecule has 2 aliphatic heterocycles. The third kappa shape index (κ3) is 4.52. The number of hydrogen-bond acceptors (Lipinski definition) is 4. The lowest BCUT2D eigenvalue weighted by atomic mass is 10.0. The molecule has 8 heteroatoms. The number of ether oxygens (including phenoxy) is 1. The Morgan fingerprint density at radius 2 is 1.97 bits per heavy atom. The van der Waals surface area contributed by atoms with Gasteiger partial charge < -0.3 is 19.9 Å². The number of halogens is 1. The van der Waals surface area contributed by atoms with Gasteiger partial charge in [-0.05, 0) is 49.0 Å². The fourth-order valence-electron chi connectivity index (χ4n) is 3.75. The van der Waals surface area contributed by atoms with Crippen LogP contribution in [0.1, 0.15) is 36.4 Å². The number of amides is 2. The largest absolute Gasteiger partial charge is 0.448 e. The van der Waals surface area contributed by atoms with Gasteiger partial charge in [0.2, 0.25) is 0 Å². The molecular weight excluding hydrogens is 404 g/mol. The molecule has 0 radical (unpaired) electrons. The molecule has 1 fully saturated rings. The van der Waals surface area contributed by atoms with Crippen LogP contribution < -0.4 is 5.32 Å². The van der Waals surface area contributed by atoms with Crippen LogP contribution in [-0.2, 0) is 22.6 Å². The van der Waals surface area contributed by atoms with Crippen molar-refractivity contribution in [3.63, 3.8) is 0 Å². The highest BCUT2D eigenvalue weighted by atomic mass is 35.5. The summed E-state index contributed by atoms with van der Waals surface area (Å²) in [5.74, 6) is -0.113. The van der Waals surface area contributed by atoms with E-state index in [2.05, 4.69) is 35.1 Å². The monoisotopic (exact) mass is 430 g/mol. The highest BCUT2D eigenvalue weighted by Gasteiger charge is 2.26.